The largest absolute Gasteiger partial charge is 0.488 e. The van der Waals surface area contributed by atoms with Gasteiger partial charge in [0.05, 0.1) is 22.0 Å². The molecule has 2 aromatic heterocycles. The number of hydrogen-bond donors (Lipinski definition) is 1. The van der Waals surface area contributed by atoms with Crippen LogP contribution in [0.4, 0.5) is 0 Å². The average Bonchev–Trinajstić information content (AvgIpc) is 3.21. The first-order valence-corrected chi connectivity index (χ1v) is 10.1. The fourth-order valence-corrected chi connectivity index (χ4v) is 4.46. The van der Waals surface area contributed by atoms with Gasteiger partial charge < -0.3 is 9.15 Å². The summed E-state index contributed by atoms with van der Waals surface area (Å²) in [4.78, 5) is 26.7. The monoisotopic (exact) mass is 416 g/mol. The van der Waals surface area contributed by atoms with Crippen molar-refractivity contribution in [3.8, 4) is 16.2 Å². The molecule has 0 unspecified atom stereocenters. The Hall–Kier alpha value is -3.71. The number of amides is 1. The summed E-state index contributed by atoms with van der Waals surface area (Å²) in [6.07, 6.45) is 2.64. The van der Waals surface area contributed by atoms with Crippen LogP contribution in [0.5, 0.6) is 5.75 Å². The Morgan fingerprint density at radius 3 is 2.97 bits per heavy atom. The maximum Gasteiger partial charge on any atom is 0.281 e. The maximum absolute atomic E-state index is 12.6. The molecule has 0 saturated carbocycles. The number of benzene rings is 2. The van der Waals surface area contributed by atoms with E-state index in [4.69, 9.17) is 9.15 Å². The number of carbonyl (C=O) groups excluding carboxylic acids is 1. The van der Waals surface area contributed by atoms with Crippen LogP contribution in [0.2, 0.25) is 0 Å². The predicted molar refractivity (Wildman–Crippen MR) is 116 cm³/mol. The highest BCUT2D eigenvalue weighted by atomic mass is 32.1. The van der Waals surface area contributed by atoms with Crippen molar-refractivity contribution in [1.82, 2.24) is 5.43 Å². The molecule has 2 aromatic carbocycles. The number of rotatable bonds is 3. The van der Waals surface area contributed by atoms with E-state index in [-0.39, 0.29) is 16.9 Å². The van der Waals surface area contributed by atoms with Gasteiger partial charge in [-0.1, -0.05) is 23.8 Å². The summed E-state index contributed by atoms with van der Waals surface area (Å²) < 4.78 is 11.2. The molecular formula is C23H16N2O4S. The lowest BCUT2D eigenvalue weighted by Crippen LogP contribution is -2.17. The van der Waals surface area contributed by atoms with Crippen LogP contribution in [0.15, 0.2) is 69.1 Å². The summed E-state index contributed by atoms with van der Waals surface area (Å²) in [6.45, 7) is 2.33. The van der Waals surface area contributed by atoms with Crippen LogP contribution >= 0.6 is 11.3 Å². The van der Waals surface area contributed by atoms with Gasteiger partial charge in [-0.15, -0.1) is 11.3 Å². The molecule has 0 fully saturated rings. The van der Waals surface area contributed by atoms with E-state index in [1.54, 1.807) is 12.1 Å². The fourth-order valence-electron chi connectivity index (χ4n) is 3.38. The molecule has 148 valence electrons. The number of thiophene rings is 1. The van der Waals surface area contributed by atoms with Crippen molar-refractivity contribution in [2.45, 2.75) is 13.5 Å². The minimum atomic E-state index is -0.343. The Balaban J connectivity index is 1.37. The SMILES string of the molecule is Cc1ccc2occ(/C=N/NC(=O)c3cc4c(s3)-c3ccccc3OC4)c(=O)c2c1. The topological polar surface area (TPSA) is 80.9 Å². The molecule has 0 bridgehead atoms. The number of aryl methyl sites for hydroxylation is 1. The first kappa shape index (κ1) is 18.3. The van der Waals surface area contributed by atoms with Gasteiger partial charge in [-0.3, -0.25) is 9.59 Å². The molecule has 3 heterocycles. The van der Waals surface area contributed by atoms with Crippen LogP contribution in [-0.4, -0.2) is 12.1 Å². The van der Waals surface area contributed by atoms with Crippen molar-refractivity contribution in [3.05, 3.63) is 86.6 Å². The minimum absolute atomic E-state index is 0.196. The molecule has 6 nitrogen and oxygen atoms in total. The van der Waals surface area contributed by atoms with Crippen molar-refractivity contribution in [2.75, 3.05) is 0 Å². The van der Waals surface area contributed by atoms with Crippen LogP contribution in [0.25, 0.3) is 21.4 Å². The Morgan fingerprint density at radius 2 is 2.07 bits per heavy atom. The first-order valence-electron chi connectivity index (χ1n) is 9.30. The minimum Gasteiger partial charge on any atom is -0.488 e. The number of ether oxygens (including phenoxy) is 1. The predicted octanol–water partition coefficient (Wildman–Crippen LogP) is 4.49. The van der Waals surface area contributed by atoms with E-state index in [1.165, 1.54) is 23.8 Å². The van der Waals surface area contributed by atoms with Crippen molar-refractivity contribution in [2.24, 2.45) is 5.10 Å². The summed E-state index contributed by atoms with van der Waals surface area (Å²) in [7, 11) is 0. The van der Waals surface area contributed by atoms with Gasteiger partial charge in [0.15, 0.2) is 0 Å². The Bertz CT molecular complexity index is 1380. The summed E-state index contributed by atoms with van der Waals surface area (Å²) in [5.74, 6) is 0.472. The number of fused-ring (bicyclic) bond motifs is 4. The lowest BCUT2D eigenvalue weighted by molar-refractivity contribution is 0.0959. The maximum atomic E-state index is 12.6. The molecule has 1 aliphatic rings. The van der Waals surface area contributed by atoms with E-state index in [0.717, 1.165) is 27.3 Å². The van der Waals surface area contributed by atoms with Gasteiger partial charge >= 0.3 is 0 Å². The standard InChI is InChI=1S/C23H16N2O4S/c1-13-6-7-19-17(8-13)21(26)15(12-29-19)10-24-25-23(27)20-9-14-11-28-18-5-3-2-4-16(18)22(14)30-20/h2-10,12H,11H2,1H3,(H,25,27)/b24-10+. The summed E-state index contributed by atoms with van der Waals surface area (Å²) in [6, 6.07) is 15.0. The van der Waals surface area contributed by atoms with Crippen molar-refractivity contribution >= 4 is 34.4 Å². The van der Waals surface area contributed by atoms with Gasteiger partial charge in [0.25, 0.3) is 5.91 Å². The highest BCUT2D eigenvalue weighted by Gasteiger charge is 2.22. The zero-order valence-corrected chi connectivity index (χ0v) is 16.8. The van der Waals surface area contributed by atoms with Gasteiger partial charge in [-0.25, -0.2) is 5.43 Å². The van der Waals surface area contributed by atoms with Gasteiger partial charge in [0.2, 0.25) is 5.43 Å². The number of carbonyl (C=O) groups is 1. The second-order valence-electron chi connectivity index (χ2n) is 6.97. The smallest absolute Gasteiger partial charge is 0.281 e. The van der Waals surface area contributed by atoms with Gasteiger partial charge in [0.1, 0.15) is 24.2 Å². The molecule has 1 N–H and O–H groups in total. The van der Waals surface area contributed by atoms with Gasteiger partial charge in [-0.05, 0) is 37.3 Å². The Labute approximate surface area is 175 Å². The highest BCUT2D eigenvalue weighted by molar-refractivity contribution is 7.17. The molecular weight excluding hydrogens is 400 g/mol. The summed E-state index contributed by atoms with van der Waals surface area (Å²) in [5.41, 5.74) is 5.98. The lowest BCUT2D eigenvalue weighted by Gasteiger charge is -2.16. The van der Waals surface area contributed by atoms with Crippen LogP contribution in [0, 0.1) is 6.92 Å². The molecule has 0 atom stereocenters. The van der Waals surface area contributed by atoms with Crippen LogP contribution in [-0.2, 0) is 6.61 Å². The lowest BCUT2D eigenvalue weighted by atomic mass is 10.1. The molecule has 4 aromatic rings. The summed E-state index contributed by atoms with van der Waals surface area (Å²) in [5, 5.41) is 4.43. The second-order valence-corrected chi connectivity index (χ2v) is 8.02. The Kier molecular flexibility index (Phi) is 4.44. The number of hydrogen-bond acceptors (Lipinski definition) is 6. The molecule has 1 amide bonds. The first-order chi connectivity index (χ1) is 14.6. The molecule has 0 aliphatic carbocycles. The normalized spacial score (nSPS) is 12.4. The molecule has 1 aliphatic heterocycles. The number of nitrogens with one attached hydrogen (secondary N) is 1. The Morgan fingerprint density at radius 1 is 1.20 bits per heavy atom. The zero-order chi connectivity index (χ0) is 20.7. The molecule has 0 saturated heterocycles. The third-order valence-electron chi connectivity index (χ3n) is 4.87. The van der Waals surface area contributed by atoms with E-state index in [0.29, 0.717) is 22.5 Å². The van der Waals surface area contributed by atoms with E-state index in [9.17, 15) is 9.59 Å². The number of hydrazone groups is 1. The third-order valence-corrected chi connectivity index (χ3v) is 6.08. The fraction of sp³-hybridized carbons (Fsp3) is 0.0870. The van der Waals surface area contributed by atoms with Crippen molar-refractivity contribution < 1.29 is 13.9 Å². The van der Waals surface area contributed by atoms with Gasteiger partial charge in [0, 0.05) is 16.0 Å². The van der Waals surface area contributed by atoms with Crippen LogP contribution < -0.4 is 15.6 Å². The number of para-hydroxylation sites is 1. The quantitative estimate of drug-likeness (QED) is 0.394. The van der Waals surface area contributed by atoms with E-state index in [1.807, 2.05) is 43.3 Å². The molecule has 0 spiro atoms. The molecule has 5 rings (SSSR count). The molecule has 0 radical (unpaired) electrons. The van der Waals surface area contributed by atoms with E-state index < -0.39 is 0 Å². The van der Waals surface area contributed by atoms with Crippen LogP contribution in [0.3, 0.4) is 0 Å². The van der Waals surface area contributed by atoms with E-state index in [2.05, 4.69) is 10.5 Å². The van der Waals surface area contributed by atoms with Gasteiger partial charge in [-0.2, -0.15) is 5.10 Å². The zero-order valence-electron chi connectivity index (χ0n) is 16.0. The highest BCUT2D eigenvalue weighted by Crippen LogP contribution is 2.42. The molecule has 7 heteroatoms. The third kappa shape index (κ3) is 3.19. The average molecular weight is 416 g/mol. The van der Waals surface area contributed by atoms with E-state index >= 15 is 0 Å². The van der Waals surface area contributed by atoms with Crippen molar-refractivity contribution in [1.29, 1.82) is 0 Å². The van der Waals surface area contributed by atoms with Crippen molar-refractivity contribution in [3.63, 3.8) is 0 Å². The van der Waals surface area contributed by atoms with Crippen LogP contribution in [0.1, 0.15) is 26.4 Å². The molecule has 30 heavy (non-hydrogen) atoms. The summed E-state index contributed by atoms with van der Waals surface area (Å²) >= 11 is 1.39. The second kappa shape index (κ2) is 7.27. The number of nitrogens with zero attached hydrogens (tertiary/aromatic N) is 1.